The molecule has 0 aromatic heterocycles. The van der Waals surface area contributed by atoms with Gasteiger partial charge in [-0.1, -0.05) is 6.92 Å². The maximum atomic E-state index is 12.8. The topological polar surface area (TPSA) is 9.23 Å². The summed E-state index contributed by atoms with van der Waals surface area (Å²) >= 11 is 0. The van der Waals surface area contributed by atoms with Gasteiger partial charge in [-0.3, -0.25) is 0 Å². The molecule has 1 aromatic rings. The summed E-state index contributed by atoms with van der Waals surface area (Å²) in [5.41, 5.74) is 0.643. The first kappa shape index (κ1) is 11.3. The summed E-state index contributed by atoms with van der Waals surface area (Å²) < 4.78 is 43.4. The van der Waals surface area contributed by atoms with Crippen LogP contribution >= 0.6 is 0 Å². The van der Waals surface area contributed by atoms with E-state index in [2.05, 4.69) is 0 Å². The minimum absolute atomic E-state index is 0.146. The van der Waals surface area contributed by atoms with Crippen LogP contribution in [0.4, 0.5) is 13.2 Å². The summed E-state index contributed by atoms with van der Waals surface area (Å²) in [5, 5.41) is 0. The predicted octanol–water partition coefficient (Wildman–Crippen LogP) is 3.76. The Labute approximate surface area is 92.2 Å². The van der Waals surface area contributed by atoms with E-state index in [4.69, 9.17) is 4.74 Å². The van der Waals surface area contributed by atoms with Crippen molar-refractivity contribution in [3.05, 3.63) is 28.8 Å². The molecule has 1 aliphatic carbocycles. The first-order valence-electron chi connectivity index (χ1n) is 5.22. The average Bonchev–Trinajstić information content (AvgIpc) is 2.58. The zero-order chi connectivity index (χ0) is 11.9. The van der Waals surface area contributed by atoms with Crippen molar-refractivity contribution < 1.29 is 17.9 Å². The van der Waals surface area contributed by atoms with E-state index in [1.807, 2.05) is 6.92 Å². The second kappa shape index (κ2) is 3.68. The molecule has 0 saturated heterocycles. The normalized spacial score (nSPS) is 19.7. The van der Waals surface area contributed by atoms with E-state index in [0.29, 0.717) is 17.7 Å². The molecule has 0 saturated carbocycles. The number of hydrogen-bond acceptors (Lipinski definition) is 1. The van der Waals surface area contributed by atoms with Crippen LogP contribution < -0.4 is 4.74 Å². The zero-order valence-corrected chi connectivity index (χ0v) is 9.19. The number of alkyl halides is 3. The summed E-state index contributed by atoms with van der Waals surface area (Å²) in [5.74, 6) is 0.722. The lowest BCUT2D eigenvalue weighted by Crippen LogP contribution is -2.09. The number of hydrogen-bond donors (Lipinski definition) is 0. The monoisotopic (exact) mass is 230 g/mol. The molecule has 0 fully saturated rings. The van der Waals surface area contributed by atoms with Gasteiger partial charge in [0.15, 0.2) is 0 Å². The fraction of sp³-hybridized carbons (Fsp3) is 0.500. The van der Waals surface area contributed by atoms with E-state index < -0.39 is 11.7 Å². The summed E-state index contributed by atoms with van der Waals surface area (Å²) in [6.45, 7) is 1.94. The lowest BCUT2D eigenvalue weighted by atomic mass is 9.98. The zero-order valence-electron chi connectivity index (χ0n) is 9.19. The van der Waals surface area contributed by atoms with Crippen LogP contribution in [0.5, 0.6) is 5.75 Å². The van der Waals surface area contributed by atoms with Crippen LogP contribution in [0.1, 0.15) is 36.0 Å². The number of ether oxygens (including phenoxy) is 1. The second-order valence-corrected chi connectivity index (χ2v) is 4.15. The van der Waals surface area contributed by atoms with Gasteiger partial charge in [-0.2, -0.15) is 13.2 Å². The Morgan fingerprint density at radius 1 is 1.31 bits per heavy atom. The van der Waals surface area contributed by atoms with Crippen molar-refractivity contribution in [2.24, 2.45) is 0 Å². The molecule has 0 bridgehead atoms. The van der Waals surface area contributed by atoms with E-state index in [0.717, 1.165) is 18.1 Å². The molecule has 0 spiro atoms. The Kier molecular flexibility index (Phi) is 2.60. The van der Waals surface area contributed by atoms with Crippen molar-refractivity contribution in [2.45, 2.75) is 31.9 Å². The van der Waals surface area contributed by atoms with Gasteiger partial charge in [0.1, 0.15) is 5.75 Å². The second-order valence-electron chi connectivity index (χ2n) is 4.15. The molecule has 1 atom stereocenters. The Morgan fingerprint density at radius 3 is 2.56 bits per heavy atom. The highest BCUT2D eigenvalue weighted by Gasteiger charge is 2.37. The molecule has 1 aromatic carbocycles. The predicted molar refractivity (Wildman–Crippen MR) is 54.7 cm³/mol. The lowest BCUT2D eigenvalue weighted by molar-refractivity contribution is -0.138. The van der Waals surface area contributed by atoms with Crippen LogP contribution in [0.2, 0.25) is 0 Å². The maximum absolute atomic E-state index is 12.8. The van der Waals surface area contributed by atoms with Crippen molar-refractivity contribution >= 4 is 0 Å². The number of methoxy groups -OCH3 is 1. The fourth-order valence-corrected chi connectivity index (χ4v) is 2.40. The molecule has 0 aliphatic heterocycles. The van der Waals surface area contributed by atoms with E-state index in [1.54, 1.807) is 0 Å². The van der Waals surface area contributed by atoms with Crippen molar-refractivity contribution in [3.8, 4) is 5.75 Å². The van der Waals surface area contributed by atoms with Crippen LogP contribution in [0.25, 0.3) is 0 Å². The largest absolute Gasteiger partial charge is 0.496 e. The van der Waals surface area contributed by atoms with Crippen LogP contribution in [0, 0.1) is 0 Å². The molecule has 16 heavy (non-hydrogen) atoms. The summed E-state index contributed by atoms with van der Waals surface area (Å²) in [4.78, 5) is 0. The van der Waals surface area contributed by atoms with Gasteiger partial charge < -0.3 is 4.74 Å². The molecular formula is C12H13F3O. The van der Waals surface area contributed by atoms with Crippen LogP contribution in [-0.4, -0.2) is 7.11 Å². The third kappa shape index (κ3) is 1.66. The van der Waals surface area contributed by atoms with Crippen LogP contribution in [-0.2, 0) is 12.6 Å². The first-order valence-corrected chi connectivity index (χ1v) is 5.22. The van der Waals surface area contributed by atoms with Gasteiger partial charge in [0, 0.05) is 5.56 Å². The minimum Gasteiger partial charge on any atom is -0.496 e. The van der Waals surface area contributed by atoms with Crippen molar-refractivity contribution in [2.75, 3.05) is 7.11 Å². The Balaban J connectivity index is 2.61. The average molecular weight is 230 g/mol. The van der Waals surface area contributed by atoms with Crippen molar-refractivity contribution in [3.63, 3.8) is 0 Å². The minimum atomic E-state index is -4.26. The lowest BCUT2D eigenvalue weighted by Gasteiger charge is -2.16. The molecule has 1 aliphatic rings. The third-order valence-corrected chi connectivity index (χ3v) is 3.16. The number of fused-ring (bicyclic) bond motifs is 1. The molecule has 0 amide bonds. The van der Waals surface area contributed by atoms with E-state index in [1.165, 1.54) is 13.2 Å². The van der Waals surface area contributed by atoms with Gasteiger partial charge in [0.2, 0.25) is 0 Å². The quantitative estimate of drug-likeness (QED) is 0.713. The van der Waals surface area contributed by atoms with E-state index in [9.17, 15) is 13.2 Å². The highest BCUT2D eigenvalue weighted by atomic mass is 19.4. The number of benzene rings is 1. The molecule has 0 heterocycles. The van der Waals surface area contributed by atoms with Gasteiger partial charge >= 0.3 is 6.18 Å². The number of halogens is 3. The summed E-state index contributed by atoms with van der Waals surface area (Å²) in [6, 6.07) is 2.54. The van der Waals surface area contributed by atoms with Gasteiger partial charge in [-0.15, -0.1) is 0 Å². The standard InChI is InChI=1S/C12H13F3O/c1-7-3-4-8-9(12(13,14)15)5-6-10(16-2)11(7)8/h5-7H,3-4H2,1-2H3. The third-order valence-electron chi connectivity index (χ3n) is 3.16. The molecule has 0 radical (unpaired) electrons. The van der Waals surface area contributed by atoms with Gasteiger partial charge in [-0.05, 0) is 36.5 Å². The molecule has 4 heteroatoms. The highest BCUT2D eigenvalue weighted by molar-refractivity contribution is 5.50. The maximum Gasteiger partial charge on any atom is 0.416 e. The van der Waals surface area contributed by atoms with Crippen LogP contribution in [0.15, 0.2) is 12.1 Å². The van der Waals surface area contributed by atoms with Gasteiger partial charge in [0.05, 0.1) is 12.7 Å². The molecule has 1 nitrogen and oxygen atoms in total. The Bertz CT molecular complexity index is 409. The van der Waals surface area contributed by atoms with Crippen LogP contribution in [0.3, 0.4) is 0 Å². The number of rotatable bonds is 1. The molecule has 0 N–H and O–H groups in total. The smallest absolute Gasteiger partial charge is 0.416 e. The molecule has 2 rings (SSSR count). The van der Waals surface area contributed by atoms with Crippen molar-refractivity contribution in [1.82, 2.24) is 0 Å². The van der Waals surface area contributed by atoms with Crippen molar-refractivity contribution in [1.29, 1.82) is 0 Å². The Morgan fingerprint density at radius 2 is 2.00 bits per heavy atom. The first-order chi connectivity index (χ1) is 7.45. The summed E-state index contributed by atoms with van der Waals surface area (Å²) in [7, 11) is 1.49. The molecule has 88 valence electrons. The summed E-state index contributed by atoms with van der Waals surface area (Å²) in [6.07, 6.45) is -3.01. The highest BCUT2D eigenvalue weighted by Crippen LogP contribution is 2.45. The Hall–Kier alpha value is -1.19. The van der Waals surface area contributed by atoms with E-state index >= 15 is 0 Å². The van der Waals surface area contributed by atoms with Gasteiger partial charge in [0.25, 0.3) is 0 Å². The molecule has 1 unspecified atom stereocenters. The SMILES string of the molecule is COc1ccc(C(F)(F)F)c2c1C(C)CC2. The molecular weight excluding hydrogens is 217 g/mol. The van der Waals surface area contributed by atoms with Gasteiger partial charge in [-0.25, -0.2) is 0 Å². The fourth-order valence-electron chi connectivity index (χ4n) is 2.40. The van der Waals surface area contributed by atoms with E-state index in [-0.39, 0.29) is 5.92 Å².